The van der Waals surface area contributed by atoms with Crippen molar-refractivity contribution in [3.8, 4) is 22.4 Å². The number of nitrogens with zero attached hydrogens (tertiary/aromatic N) is 4. The zero-order valence-electron chi connectivity index (χ0n) is 33.9. The number of ether oxygens (including phenoxy) is 2. The third kappa shape index (κ3) is 6.83. The molecular formula is C44H49FN8O6. The fourth-order valence-corrected chi connectivity index (χ4v) is 9.47. The van der Waals surface area contributed by atoms with Crippen molar-refractivity contribution in [2.45, 2.75) is 89.6 Å². The zero-order chi connectivity index (χ0) is 41.4. The van der Waals surface area contributed by atoms with Crippen molar-refractivity contribution in [1.82, 2.24) is 40.4 Å². The van der Waals surface area contributed by atoms with Crippen LogP contribution in [-0.2, 0) is 19.1 Å². The molecule has 5 aromatic rings. The van der Waals surface area contributed by atoms with Crippen LogP contribution in [0.15, 0.2) is 54.7 Å². The Kier molecular flexibility index (Phi) is 9.59. The minimum Gasteiger partial charge on any atom is -0.453 e. The molecule has 4 aliphatic rings. The fourth-order valence-electron chi connectivity index (χ4n) is 9.47. The van der Waals surface area contributed by atoms with Gasteiger partial charge in [-0.05, 0) is 90.1 Å². The molecule has 0 spiro atoms. The molecule has 2 aromatic heterocycles. The molecule has 4 heterocycles. The average molecular weight is 805 g/mol. The maximum atomic E-state index is 16.0. The molecule has 2 saturated carbocycles. The maximum absolute atomic E-state index is 16.0. The lowest BCUT2D eigenvalue weighted by atomic mass is 9.99. The van der Waals surface area contributed by atoms with Crippen LogP contribution < -0.4 is 10.6 Å². The van der Waals surface area contributed by atoms with Crippen LogP contribution in [0.3, 0.4) is 0 Å². The van der Waals surface area contributed by atoms with E-state index in [1.165, 1.54) is 20.3 Å². The van der Waals surface area contributed by atoms with Crippen LogP contribution in [-0.4, -0.2) is 92.1 Å². The molecule has 4 fully saturated rings. The largest absolute Gasteiger partial charge is 0.453 e. The molecule has 2 aliphatic heterocycles. The van der Waals surface area contributed by atoms with E-state index in [2.05, 4.69) is 25.6 Å². The second-order valence-corrected chi connectivity index (χ2v) is 17.2. The van der Waals surface area contributed by atoms with Crippen LogP contribution in [0.25, 0.3) is 44.2 Å². The number of piperidine rings is 2. The van der Waals surface area contributed by atoms with Crippen molar-refractivity contribution in [1.29, 1.82) is 0 Å². The third-order valence-corrected chi connectivity index (χ3v) is 12.8. The molecule has 8 atom stereocenters. The van der Waals surface area contributed by atoms with Gasteiger partial charge in [0.05, 0.1) is 49.2 Å². The van der Waals surface area contributed by atoms with Gasteiger partial charge >= 0.3 is 12.2 Å². The molecular weight excluding hydrogens is 756 g/mol. The number of fused-ring (bicyclic) bond motifs is 5. The van der Waals surface area contributed by atoms with Gasteiger partial charge in [-0.3, -0.25) is 9.59 Å². The number of carbonyl (C=O) groups excluding carboxylic acids is 4. The van der Waals surface area contributed by atoms with Crippen LogP contribution in [0, 0.1) is 29.5 Å². The van der Waals surface area contributed by atoms with E-state index in [0.29, 0.717) is 34.5 Å². The van der Waals surface area contributed by atoms with Crippen molar-refractivity contribution in [2.24, 2.45) is 23.7 Å². The number of halogens is 1. The van der Waals surface area contributed by atoms with Crippen molar-refractivity contribution in [3.63, 3.8) is 0 Å². The lowest BCUT2D eigenvalue weighted by molar-refractivity contribution is -0.137. The van der Waals surface area contributed by atoms with Gasteiger partial charge in [0.25, 0.3) is 0 Å². The van der Waals surface area contributed by atoms with Crippen LogP contribution in [0.1, 0.15) is 77.1 Å². The highest BCUT2D eigenvalue weighted by Crippen LogP contribution is 2.54. The lowest BCUT2D eigenvalue weighted by Gasteiger charge is -2.31. The molecule has 0 bridgehead atoms. The number of carbonyl (C=O) groups is 4. The van der Waals surface area contributed by atoms with Gasteiger partial charge < -0.3 is 39.9 Å². The van der Waals surface area contributed by atoms with Gasteiger partial charge in [-0.15, -0.1) is 0 Å². The smallest absolute Gasteiger partial charge is 0.407 e. The summed E-state index contributed by atoms with van der Waals surface area (Å²) in [6.45, 7) is 7.58. The first-order chi connectivity index (χ1) is 28.3. The predicted molar refractivity (Wildman–Crippen MR) is 217 cm³/mol. The number of nitrogens with one attached hydrogen (secondary N) is 4. The molecule has 14 nitrogen and oxygen atoms in total. The number of rotatable bonds is 10. The Hall–Kier alpha value is -5.99. The summed E-state index contributed by atoms with van der Waals surface area (Å²) in [5, 5.41) is 7.30. The summed E-state index contributed by atoms with van der Waals surface area (Å²) in [5.41, 5.74) is 4.08. The van der Waals surface area contributed by atoms with Gasteiger partial charge in [-0.2, -0.15) is 0 Å². The van der Waals surface area contributed by atoms with Crippen molar-refractivity contribution in [3.05, 3.63) is 72.2 Å². The van der Waals surface area contributed by atoms with Gasteiger partial charge in [-0.25, -0.2) is 23.9 Å². The van der Waals surface area contributed by atoms with Gasteiger partial charge in [0.15, 0.2) is 0 Å². The minimum absolute atomic E-state index is 0.0885. The number of hydrogen-bond donors (Lipinski definition) is 4. The Morgan fingerprint density at radius 1 is 0.746 bits per heavy atom. The standard InChI is InChI=1S/C44H49FN8O6/c1-20(2)36(50-43(56)58-5)41(54)52-32-15-25(32)17-34(52)39-46-19-31(48-39)28-11-8-23(14-29(28)45)22-7-10-27-24(13-22)9-12-30-38(27)49-40(47-30)35-18-26-16-33(26)53(35)42(55)37(21(3)4)51-44(57)59-6/h7-14,19-21,25-26,32-37H,15-18H2,1-6H3,(H,46,48)(H,47,49)(H,50,56)(H,51,57)/t25-,26-,32-,33-,34+,35+,36?,37+/m1/s1. The first-order valence-corrected chi connectivity index (χ1v) is 20.5. The number of alkyl carbamates (subject to hydrolysis) is 2. The molecule has 308 valence electrons. The summed E-state index contributed by atoms with van der Waals surface area (Å²) in [5.74, 6) is 1.09. The number of hydrogen-bond acceptors (Lipinski definition) is 8. The summed E-state index contributed by atoms with van der Waals surface area (Å²) in [6, 6.07) is 13.3. The number of aromatic amines is 2. The Labute approximate surface area is 340 Å². The first-order valence-electron chi connectivity index (χ1n) is 20.5. The lowest BCUT2D eigenvalue weighted by Crippen LogP contribution is -2.52. The van der Waals surface area contributed by atoms with Crippen LogP contribution in [0.4, 0.5) is 14.0 Å². The Morgan fingerprint density at radius 3 is 1.90 bits per heavy atom. The SMILES string of the molecule is COC(=O)NC(C(=O)N1[C@@H]2C[C@@H]2C[C@H]1c1ncc(-c2ccc(-c3ccc4c(ccc5[nH]c([C@@H]6C[C@H]7C[C@H]7N6C(=O)[C@@H](NC(=O)OC)C(C)C)nc54)c3)cc2F)[nH]1)C(C)C. The first kappa shape index (κ1) is 38.5. The van der Waals surface area contributed by atoms with E-state index in [1.807, 2.05) is 73.9 Å². The van der Waals surface area contributed by atoms with E-state index in [1.54, 1.807) is 12.3 Å². The van der Waals surface area contributed by atoms with Crippen molar-refractivity contribution < 1.29 is 33.0 Å². The molecule has 9 rings (SSSR count). The van der Waals surface area contributed by atoms with E-state index in [9.17, 15) is 19.2 Å². The van der Waals surface area contributed by atoms with E-state index in [0.717, 1.165) is 58.9 Å². The number of imidazole rings is 2. The predicted octanol–water partition coefficient (Wildman–Crippen LogP) is 7.00. The molecule has 3 aromatic carbocycles. The third-order valence-electron chi connectivity index (χ3n) is 12.8. The molecule has 59 heavy (non-hydrogen) atoms. The fraction of sp³-hybridized carbons (Fsp3) is 0.455. The summed E-state index contributed by atoms with van der Waals surface area (Å²) >= 11 is 0. The van der Waals surface area contributed by atoms with Gasteiger partial charge in [-0.1, -0.05) is 52.0 Å². The minimum atomic E-state index is -0.742. The van der Waals surface area contributed by atoms with Crippen LogP contribution in [0.2, 0.25) is 0 Å². The zero-order valence-corrected chi connectivity index (χ0v) is 33.9. The highest BCUT2D eigenvalue weighted by atomic mass is 19.1. The summed E-state index contributed by atoms with van der Waals surface area (Å²) in [4.78, 5) is 72.1. The summed E-state index contributed by atoms with van der Waals surface area (Å²) in [6.07, 6.45) is 3.73. The Balaban J connectivity index is 0.939. The van der Waals surface area contributed by atoms with E-state index in [4.69, 9.17) is 14.5 Å². The van der Waals surface area contributed by atoms with Gasteiger partial charge in [0.1, 0.15) is 29.5 Å². The van der Waals surface area contributed by atoms with E-state index >= 15 is 4.39 Å². The van der Waals surface area contributed by atoms with E-state index in [-0.39, 0.29) is 47.8 Å². The Morgan fingerprint density at radius 2 is 1.32 bits per heavy atom. The normalized spacial score (nSPS) is 23.9. The number of aromatic nitrogens is 4. The second kappa shape index (κ2) is 14.7. The highest BCUT2D eigenvalue weighted by Gasteiger charge is 2.57. The van der Waals surface area contributed by atoms with Crippen LogP contribution >= 0.6 is 0 Å². The Bertz CT molecular complexity index is 2500. The van der Waals surface area contributed by atoms with Crippen molar-refractivity contribution >= 4 is 45.8 Å². The molecule has 15 heteroatoms. The monoisotopic (exact) mass is 804 g/mol. The molecule has 1 unspecified atom stereocenters. The van der Waals surface area contributed by atoms with Crippen molar-refractivity contribution in [2.75, 3.05) is 14.2 Å². The topological polar surface area (TPSA) is 175 Å². The molecule has 4 amide bonds. The number of benzene rings is 3. The number of likely N-dealkylation sites (tertiary alicyclic amines) is 2. The number of methoxy groups -OCH3 is 2. The quantitative estimate of drug-likeness (QED) is 0.117. The molecule has 2 aliphatic carbocycles. The number of amides is 4. The van der Waals surface area contributed by atoms with E-state index < -0.39 is 30.1 Å². The molecule has 2 saturated heterocycles. The van der Waals surface area contributed by atoms with Crippen LogP contribution in [0.5, 0.6) is 0 Å². The maximum Gasteiger partial charge on any atom is 0.407 e. The second-order valence-electron chi connectivity index (χ2n) is 17.2. The van der Waals surface area contributed by atoms with Gasteiger partial charge in [0.2, 0.25) is 11.8 Å². The average Bonchev–Trinajstić information content (AvgIpc) is 3.84. The molecule has 0 radical (unpaired) electrons. The molecule has 4 N–H and O–H groups in total. The summed E-state index contributed by atoms with van der Waals surface area (Å²) in [7, 11) is 2.56. The summed E-state index contributed by atoms with van der Waals surface area (Å²) < 4.78 is 25.5. The highest BCUT2D eigenvalue weighted by molar-refractivity contribution is 6.05. The number of H-pyrrole nitrogens is 2. The van der Waals surface area contributed by atoms with Gasteiger partial charge in [0, 0.05) is 23.0 Å².